The zero-order valence-corrected chi connectivity index (χ0v) is 8.75. The van der Waals surface area contributed by atoms with Crippen LogP contribution in [0.15, 0.2) is 0 Å². The molecule has 1 fully saturated rings. The van der Waals surface area contributed by atoms with Crippen LogP contribution in [-0.4, -0.2) is 35.9 Å². The second kappa shape index (κ2) is 4.43. The van der Waals surface area contributed by atoms with Crippen molar-refractivity contribution in [1.29, 1.82) is 5.26 Å². The van der Waals surface area contributed by atoms with E-state index in [0.717, 1.165) is 19.6 Å². The molecule has 0 spiro atoms. The van der Waals surface area contributed by atoms with Gasteiger partial charge in [-0.1, -0.05) is 6.92 Å². The topological polar surface area (TPSA) is 53.3 Å². The maximum atomic E-state index is 11.4. The normalized spacial score (nSPS) is 21.2. The van der Waals surface area contributed by atoms with Gasteiger partial charge < -0.3 is 9.64 Å². The summed E-state index contributed by atoms with van der Waals surface area (Å²) in [5.41, 5.74) is -0.833. The van der Waals surface area contributed by atoms with Crippen molar-refractivity contribution in [3.8, 4) is 6.26 Å². The van der Waals surface area contributed by atoms with Crippen LogP contribution in [0.1, 0.15) is 26.7 Å². The summed E-state index contributed by atoms with van der Waals surface area (Å²) >= 11 is 0. The zero-order valence-electron chi connectivity index (χ0n) is 8.75. The molecule has 0 amide bonds. The first-order valence-electron chi connectivity index (χ1n) is 4.95. The van der Waals surface area contributed by atoms with Crippen LogP contribution >= 0.6 is 0 Å². The number of rotatable bonds is 3. The van der Waals surface area contributed by atoms with Crippen molar-refractivity contribution in [2.75, 3.05) is 19.6 Å². The molecule has 14 heavy (non-hydrogen) atoms. The van der Waals surface area contributed by atoms with Gasteiger partial charge in [-0.25, -0.2) is 0 Å². The van der Waals surface area contributed by atoms with E-state index >= 15 is 0 Å². The lowest BCUT2D eigenvalue weighted by Gasteiger charge is -2.37. The highest BCUT2D eigenvalue weighted by Gasteiger charge is 2.40. The van der Waals surface area contributed by atoms with Crippen LogP contribution in [-0.2, 0) is 9.53 Å². The van der Waals surface area contributed by atoms with Crippen LogP contribution in [0.2, 0.25) is 0 Å². The molecule has 0 N–H and O–H groups in total. The summed E-state index contributed by atoms with van der Waals surface area (Å²) in [4.78, 5) is 13.7. The standard InChI is InChI=1S/C10H16N2O2/c1-3-12-6-4-10(5-7-12,9(2)13)14-8-11/h3-7H2,1-2H3. The summed E-state index contributed by atoms with van der Waals surface area (Å²) in [6, 6.07) is 0. The first kappa shape index (κ1) is 11.0. The molecule has 4 nitrogen and oxygen atoms in total. The van der Waals surface area contributed by atoms with Gasteiger partial charge in [0.05, 0.1) is 0 Å². The fourth-order valence-electron chi connectivity index (χ4n) is 1.84. The van der Waals surface area contributed by atoms with Crippen molar-refractivity contribution in [2.24, 2.45) is 0 Å². The molecule has 0 aromatic rings. The first-order valence-corrected chi connectivity index (χ1v) is 4.95. The van der Waals surface area contributed by atoms with Gasteiger partial charge >= 0.3 is 0 Å². The Balaban J connectivity index is 2.65. The quantitative estimate of drug-likeness (QED) is 0.630. The summed E-state index contributed by atoms with van der Waals surface area (Å²) in [5, 5.41) is 8.52. The average molecular weight is 196 g/mol. The Labute approximate surface area is 84.4 Å². The molecule has 0 bridgehead atoms. The van der Waals surface area contributed by atoms with Gasteiger partial charge in [-0.15, -0.1) is 0 Å². The fraction of sp³-hybridized carbons (Fsp3) is 0.800. The summed E-state index contributed by atoms with van der Waals surface area (Å²) in [6.45, 7) is 6.24. The van der Waals surface area contributed by atoms with Crippen LogP contribution < -0.4 is 0 Å². The molecule has 0 aliphatic carbocycles. The lowest BCUT2D eigenvalue weighted by molar-refractivity contribution is -0.139. The molecule has 78 valence electrons. The summed E-state index contributed by atoms with van der Waals surface area (Å²) in [6.07, 6.45) is 2.91. The maximum Gasteiger partial charge on any atom is 0.287 e. The van der Waals surface area contributed by atoms with Crippen LogP contribution in [0.5, 0.6) is 0 Å². The molecular weight excluding hydrogens is 180 g/mol. The smallest absolute Gasteiger partial charge is 0.287 e. The zero-order chi connectivity index (χ0) is 10.6. The maximum absolute atomic E-state index is 11.4. The minimum atomic E-state index is -0.833. The molecule has 1 saturated heterocycles. The minimum Gasteiger partial charge on any atom is -0.413 e. The van der Waals surface area contributed by atoms with Crippen molar-refractivity contribution in [3.05, 3.63) is 0 Å². The Morgan fingerprint density at radius 2 is 2.14 bits per heavy atom. The van der Waals surface area contributed by atoms with E-state index < -0.39 is 5.60 Å². The number of nitrogens with zero attached hydrogens (tertiary/aromatic N) is 2. The van der Waals surface area contributed by atoms with E-state index in [0.29, 0.717) is 12.8 Å². The van der Waals surface area contributed by atoms with E-state index in [4.69, 9.17) is 10.00 Å². The molecule has 0 radical (unpaired) electrons. The Hall–Kier alpha value is -1.08. The number of ketones is 1. The number of ether oxygens (including phenoxy) is 1. The van der Waals surface area contributed by atoms with Crippen LogP contribution in [0.25, 0.3) is 0 Å². The van der Waals surface area contributed by atoms with E-state index in [1.807, 2.05) is 0 Å². The summed E-state index contributed by atoms with van der Waals surface area (Å²) < 4.78 is 4.95. The van der Waals surface area contributed by atoms with Gasteiger partial charge in [-0.3, -0.25) is 4.79 Å². The van der Waals surface area contributed by atoms with E-state index in [2.05, 4.69) is 11.8 Å². The molecule has 1 rings (SSSR count). The highest BCUT2D eigenvalue weighted by atomic mass is 16.5. The predicted molar refractivity (Wildman–Crippen MR) is 51.5 cm³/mol. The average Bonchev–Trinajstić information content (AvgIpc) is 2.19. The monoisotopic (exact) mass is 196 g/mol. The number of carbonyl (C=O) groups excluding carboxylic acids is 1. The van der Waals surface area contributed by atoms with Crippen molar-refractivity contribution in [3.63, 3.8) is 0 Å². The number of piperidine rings is 1. The largest absolute Gasteiger partial charge is 0.413 e. The van der Waals surface area contributed by atoms with E-state index in [-0.39, 0.29) is 5.78 Å². The third-order valence-electron chi connectivity index (χ3n) is 2.99. The molecule has 0 unspecified atom stereocenters. The number of likely N-dealkylation sites (tertiary alicyclic amines) is 1. The SMILES string of the molecule is CCN1CCC(OC#N)(C(C)=O)CC1. The lowest BCUT2D eigenvalue weighted by Crippen LogP contribution is -2.49. The molecule has 0 atom stereocenters. The van der Waals surface area contributed by atoms with Gasteiger partial charge in [-0.05, 0) is 13.5 Å². The van der Waals surface area contributed by atoms with Crippen LogP contribution in [0, 0.1) is 11.5 Å². The Morgan fingerprint density at radius 1 is 1.57 bits per heavy atom. The molecule has 1 aliphatic rings. The van der Waals surface area contributed by atoms with E-state index in [1.54, 1.807) is 6.26 Å². The molecule has 0 aromatic heterocycles. The Kier molecular flexibility index (Phi) is 3.48. The summed E-state index contributed by atoms with van der Waals surface area (Å²) in [7, 11) is 0. The number of hydrogen-bond donors (Lipinski definition) is 0. The lowest BCUT2D eigenvalue weighted by atomic mass is 9.87. The molecule has 1 aliphatic heterocycles. The molecule has 0 aromatic carbocycles. The van der Waals surface area contributed by atoms with Gasteiger partial charge in [0, 0.05) is 25.9 Å². The van der Waals surface area contributed by atoms with Gasteiger partial charge in [0.25, 0.3) is 6.26 Å². The van der Waals surface area contributed by atoms with Crippen molar-refractivity contribution >= 4 is 5.78 Å². The van der Waals surface area contributed by atoms with Crippen molar-refractivity contribution in [1.82, 2.24) is 4.90 Å². The fourth-order valence-corrected chi connectivity index (χ4v) is 1.84. The van der Waals surface area contributed by atoms with Gasteiger partial charge in [0.15, 0.2) is 11.4 Å². The van der Waals surface area contributed by atoms with Crippen LogP contribution in [0.4, 0.5) is 0 Å². The van der Waals surface area contributed by atoms with E-state index in [9.17, 15) is 4.79 Å². The second-order valence-electron chi connectivity index (χ2n) is 3.68. The molecular formula is C10H16N2O2. The Morgan fingerprint density at radius 3 is 2.50 bits per heavy atom. The molecule has 4 heteroatoms. The first-order chi connectivity index (χ1) is 6.64. The van der Waals surface area contributed by atoms with E-state index in [1.165, 1.54) is 6.92 Å². The highest BCUT2D eigenvalue weighted by molar-refractivity contribution is 5.85. The molecule has 0 saturated carbocycles. The third kappa shape index (κ3) is 2.05. The number of Topliss-reactive ketones (excluding diaryl/α,β-unsaturated/α-hetero) is 1. The second-order valence-corrected chi connectivity index (χ2v) is 3.68. The van der Waals surface area contributed by atoms with Crippen molar-refractivity contribution in [2.45, 2.75) is 32.3 Å². The Bertz CT molecular complexity index is 249. The molecule has 1 heterocycles. The number of hydrogen-bond acceptors (Lipinski definition) is 4. The van der Waals surface area contributed by atoms with Gasteiger partial charge in [-0.2, -0.15) is 5.26 Å². The van der Waals surface area contributed by atoms with Crippen LogP contribution in [0.3, 0.4) is 0 Å². The minimum absolute atomic E-state index is 0.0326. The predicted octanol–water partition coefficient (Wildman–Crippen LogP) is 0.928. The summed E-state index contributed by atoms with van der Waals surface area (Å²) in [5.74, 6) is -0.0326. The number of nitriles is 1. The number of carbonyl (C=O) groups is 1. The van der Waals surface area contributed by atoms with Gasteiger partial charge in [0.1, 0.15) is 0 Å². The highest BCUT2D eigenvalue weighted by Crippen LogP contribution is 2.26. The van der Waals surface area contributed by atoms with Crippen molar-refractivity contribution < 1.29 is 9.53 Å². The third-order valence-corrected chi connectivity index (χ3v) is 2.99. The van der Waals surface area contributed by atoms with Gasteiger partial charge in [0.2, 0.25) is 0 Å².